The van der Waals surface area contributed by atoms with Crippen LogP contribution in [0.25, 0.3) is 0 Å². The van der Waals surface area contributed by atoms with E-state index in [9.17, 15) is 9.50 Å². The molecule has 1 aliphatic heterocycles. The predicted molar refractivity (Wildman–Crippen MR) is 64.3 cm³/mol. The van der Waals surface area contributed by atoms with Crippen molar-refractivity contribution in [3.8, 4) is 0 Å². The highest BCUT2D eigenvalue weighted by molar-refractivity contribution is 5.17. The first-order valence-electron chi connectivity index (χ1n) is 6.00. The van der Waals surface area contributed by atoms with Gasteiger partial charge in [-0.3, -0.25) is 4.90 Å². The summed E-state index contributed by atoms with van der Waals surface area (Å²) in [6.07, 6.45) is 2.66. The molecule has 1 unspecified atom stereocenters. The van der Waals surface area contributed by atoms with E-state index in [4.69, 9.17) is 0 Å². The number of halogens is 1. The smallest absolute Gasteiger partial charge is 0.212 e. The largest absolute Gasteiger partial charge is 0.389 e. The van der Waals surface area contributed by atoms with Crippen LogP contribution in [0.3, 0.4) is 0 Å². The summed E-state index contributed by atoms with van der Waals surface area (Å²) in [5.41, 5.74) is 0.431. The molecule has 0 spiro atoms. The number of aliphatic hydroxyl groups is 1. The first kappa shape index (κ1) is 12.5. The number of nitrogens with zero attached hydrogens (tertiary/aromatic N) is 2. The standard InChI is InChI=1S/C13H19FN2O/c1-13(2,17)9-16-6-5-11(8-16)10-3-4-12(14)15-7-10/h3-4,7,11,17H,5-6,8-9H2,1-2H3. The van der Waals surface area contributed by atoms with Crippen LogP contribution >= 0.6 is 0 Å². The van der Waals surface area contributed by atoms with Crippen LogP contribution in [0.2, 0.25) is 0 Å². The van der Waals surface area contributed by atoms with Crippen LogP contribution in [0.1, 0.15) is 31.7 Å². The van der Waals surface area contributed by atoms with Gasteiger partial charge in [0.1, 0.15) is 0 Å². The van der Waals surface area contributed by atoms with Crippen molar-refractivity contribution < 1.29 is 9.50 Å². The Bertz CT molecular complexity index is 372. The Balaban J connectivity index is 1.96. The summed E-state index contributed by atoms with van der Waals surface area (Å²) in [7, 11) is 0. The number of aromatic nitrogens is 1. The molecule has 0 radical (unpaired) electrons. The van der Waals surface area contributed by atoms with Gasteiger partial charge in [0.05, 0.1) is 5.60 Å². The number of hydrogen-bond acceptors (Lipinski definition) is 3. The van der Waals surface area contributed by atoms with Gasteiger partial charge in [0.25, 0.3) is 0 Å². The number of likely N-dealkylation sites (tertiary alicyclic amines) is 1. The summed E-state index contributed by atoms with van der Waals surface area (Å²) in [4.78, 5) is 5.93. The van der Waals surface area contributed by atoms with E-state index < -0.39 is 11.5 Å². The highest BCUT2D eigenvalue weighted by Gasteiger charge is 2.27. The lowest BCUT2D eigenvalue weighted by molar-refractivity contribution is 0.0435. The third kappa shape index (κ3) is 3.48. The van der Waals surface area contributed by atoms with E-state index in [0.29, 0.717) is 12.5 Å². The molecule has 0 aliphatic carbocycles. The van der Waals surface area contributed by atoms with Gasteiger partial charge in [-0.25, -0.2) is 4.98 Å². The van der Waals surface area contributed by atoms with Crippen molar-refractivity contribution in [3.05, 3.63) is 29.8 Å². The van der Waals surface area contributed by atoms with E-state index in [0.717, 1.165) is 25.1 Å². The average molecular weight is 238 g/mol. The van der Waals surface area contributed by atoms with E-state index in [2.05, 4.69) is 9.88 Å². The molecule has 0 bridgehead atoms. The first-order valence-corrected chi connectivity index (χ1v) is 6.00. The molecule has 4 heteroatoms. The molecule has 17 heavy (non-hydrogen) atoms. The predicted octanol–water partition coefficient (Wildman–Crippen LogP) is 1.78. The lowest BCUT2D eigenvalue weighted by Gasteiger charge is -2.25. The summed E-state index contributed by atoms with van der Waals surface area (Å²) in [6.45, 7) is 6.21. The van der Waals surface area contributed by atoms with Crippen molar-refractivity contribution in [2.45, 2.75) is 31.8 Å². The molecular weight excluding hydrogens is 219 g/mol. The van der Waals surface area contributed by atoms with Gasteiger partial charge >= 0.3 is 0 Å². The molecule has 1 atom stereocenters. The quantitative estimate of drug-likeness (QED) is 0.815. The Kier molecular flexibility index (Phi) is 3.45. The normalized spacial score (nSPS) is 22.0. The van der Waals surface area contributed by atoms with Crippen LogP contribution in [0, 0.1) is 5.95 Å². The van der Waals surface area contributed by atoms with Gasteiger partial charge in [-0.15, -0.1) is 0 Å². The van der Waals surface area contributed by atoms with Crippen LogP contribution in [0.15, 0.2) is 18.3 Å². The maximum absolute atomic E-state index is 12.7. The Labute approximate surface area is 101 Å². The molecule has 3 nitrogen and oxygen atoms in total. The molecule has 1 saturated heterocycles. The topological polar surface area (TPSA) is 36.4 Å². The maximum atomic E-state index is 12.7. The van der Waals surface area contributed by atoms with Crippen molar-refractivity contribution in [1.29, 1.82) is 0 Å². The van der Waals surface area contributed by atoms with Crippen molar-refractivity contribution in [2.75, 3.05) is 19.6 Å². The second-order valence-corrected chi connectivity index (χ2v) is 5.45. The Morgan fingerprint density at radius 1 is 1.53 bits per heavy atom. The summed E-state index contributed by atoms with van der Waals surface area (Å²) in [6, 6.07) is 3.22. The molecule has 0 amide bonds. The van der Waals surface area contributed by atoms with E-state index in [1.165, 1.54) is 6.07 Å². The van der Waals surface area contributed by atoms with Crippen molar-refractivity contribution in [3.63, 3.8) is 0 Å². The second kappa shape index (κ2) is 4.70. The fraction of sp³-hybridized carbons (Fsp3) is 0.615. The maximum Gasteiger partial charge on any atom is 0.212 e. The van der Waals surface area contributed by atoms with Gasteiger partial charge in [-0.05, 0) is 44.4 Å². The SMILES string of the molecule is CC(C)(O)CN1CCC(c2ccc(F)nc2)C1. The molecule has 2 rings (SSSR count). The monoisotopic (exact) mass is 238 g/mol. The fourth-order valence-electron chi connectivity index (χ4n) is 2.42. The van der Waals surface area contributed by atoms with Gasteiger partial charge in [0.15, 0.2) is 0 Å². The average Bonchev–Trinajstić information content (AvgIpc) is 2.64. The molecule has 2 heterocycles. The summed E-state index contributed by atoms with van der Waals surface area (Å²) < 4.78 is 12.7. The van der Waals surface area contributed by atoms with Crippen molar-refractivity contribution >= 4 is 0 Å². The molecule has 0 saturated carbocycles. The number of rotatable bonds is 3. The molecule has 1 N–H and O–H groups in total. The Hall–Kier alpha value is -1.00. The van der Waals surface area contributed by atoms with E-state index in [1.54, 1.807) is 12.3 Å². The first-order chi connectivity index (χ1) is 7.94. The van der Waals surface area contributed by atoms with Crippen molar-refractivity contribution in [2.24, 2.45) is 0 Å². The van der Waals surface area contributed by atoms with Crippen LogP contribution in [0.5, 0.6) is 0 Å². The Morgan fingerprint density at radius 2 is 2.29 bits per heavy atom. The molecule has 0 aromatic carbocycles. The van der Waals surface area contributed by atoms with Crippen molar-refractivity contribution in [1.82, 2.24) is 9.88 Å². The molecule has 1 aromatic rings. The summed E-state index contributed by atoms with van der Waals surface area (Å²) >= 11 is 0. The molecule has 1 aliphatic rings. The van der Waals surface area contributed by atoms with Crippen LogP contribution in [-0.4, -0.2) is 40.2 Å². The zero-order valence-corrected chi connectivity index (χ0v) is 10.4. The minimum atomic E-state index is -0.657. The second-order valence-electron chi connectivity index (χ2n) is 5.45. The zero-order valence-electron chi connectivity index (χ0n) is 10.4. The van der Waals surface area contributed by atoms with Gasteiger partial charge in [0, 0.05) is 19.3 Å². The van der Waals surface area contributed by atoms with Gasteiger partial charge in [-0.2, -0.15) is 4.39 Å². The molecule has 1 fully saturated rings. The van der Waals surface area contributed by atoms with E-state index in [-0.39, 0.29) is 0 Å². The number of pyridine rings is 1. The molecular formula is C13H19FN2O. The summed E-state index contributed by atoms with van der Waals surface area (Å²) in [5.74, 6) is -0.0226. The molecule has 1 aromatic heterocycles. The van der Waals surface area contributed by atoms with Crippen LogP contribution in [-0.2, 0) is 0 Å². The van der Waals surface area contributed by atoms with Gasteiger partial charge < -0.3 is 5.11 Å². The highest BCUT2D eigenvalue weighted by atomic mass is 19.1. The third-order valence-electron chi connectivity index (χ3n) is 3.10. The Morgan fingerprint density at radius 3 is 2.88 bits per heavy atom. The lowest BCUT2D eigenvalue weighted by Crippen LogP contribution is -2.37. The number of hydrogen-bond donors (Lipinski definition) is 1. The minimum absolute atomic E-state index is 0.408. The summed E-state index contributed by atoms with van der Waals surface area (Å²) in [5, 5.41) is 9.77. The van der Waals surface area contributed by atoms with Gasteiger partial charge in [0.2, 0.25) is 5.95 Å². The molecule has 94 valence electrons. The van der Waals surface area contributed by atoms with E-state index >= 15 is 0 Å². The van der Waals surface area contributed by atoms with E-state index in [1.807, 2.05) is 13.8 Å². The van der Waals surface area contributed by atoms with Crippen LogP contribution < -0.4 is 0 Å². The highest BCUT2D eigenvalue weighted by Crippen LogP contribution is 2.27. The zero-order chi connectivity index (χ0) is 12.5. The van der Waals surface area contributed by atoms with Crippen LogP contribution in [0.4, 0.5) is 4.39 Å². The number of β-amino-alcohol motifs (C(OH)–C–C–N with tert-alkyl or cyclic N) is 1. The minimum Gasteiger partial charge on any atom is -0.389 e. The fourth-order valence-corrected chi connectivity index (χ4v) is 2.42. The van der Waals surface area contributed by atoms with Gasteiger partial charge in [-0.1, -0.05) is 6.07 Å². The lowest BCUT2D eigenvalue weighted by atomic mass is 10.0. The third-order valence-corrected chi connectivity index (χ3v) is 3.10.